The number of carbonyl (C=O) groups excluding carboxylic acids is 1. The molecular formula is C14H14ClF3N2O3. The molecule has 2 rings (SSSR count). The maximum Gasteiger partial charge on any atom is 0.418 e. The smallest absolute Gasteiger partial charge is 0.418 e. The Bertz CT molecular complexity index is 622. The zero-order valence-corrected chi connectivity index (χ0v) is 12.6. The summed E-state index contributed by atoms with van der Waals surface area (Å²) in [6.07, 6.45) is -3.62. The summed E-state index contributed by atoms with van der Waals surface area (Å²) in [5, 5.41) is 11.1. The lowest BCUT2D eigenvalue weighted by Crippen LogP contribution is -2.41. The van der Waals surface area contributed by atoms with Gasteiger partial charge in [0, 0.05) is 5.02 Å². The zero-order chi connectivity index (χ0) is 17.2. The van der Waals surface area contributed by atoms with Crippen molar-refractivity contribution in [3.05, 3.63) is 28.8 Å². The average Bonchev–Trinajstić information content (AvgIpc) is 2.87. The maximum atomic E-state index is 13.0. The Labute approximate surface area is 135 Å². The van der Waals surface area contributed by atoms with E-state index in [0.29, 0.717) is 19.4 Å². The fourth-order valence-electron chi connectivity index (χ4n) is 2.53. The van der Waals surface area contributed by atoms with Crippen molar-refractivity contribution < 1.29 is 27.9 Å². The highest BCUT2D eigenvalue weighted by atomic mass is 35.5. The molecule has 1 amide bonds. The van der Waals surface area contributed by atoms with Crippen molar-refractivity contribution >= 4 is 29.2 Å². The third-order valence-corrected chi connectivity index (χ3v) is 3.79. The van der Waals surface area contributed by atoms with E-state index in [1.54, 1.807) is 0 Å². The largest absolute Gasteiger partial charge is 0.480 e. The van der Waals surface area contributed by atoms with Gasteiger partial charge in [0.05, 0.1) is 17.8 Å². The number of hydrogen-bond acceptors (Lipinski definition) is 3. The number of anilines is 1. The first-order valence-electron chi connectivity index (χ1n) is 6.82. The van der Waals surface area contributed by atoms with Crippen LogP contribution in [-0.2, 0) is 15.8 Å². The van der Waals surface area contributed by atoms with E-state index in [4.69, 9.17) is 16.7 Å². The van der Waals surface area contributed by atoms with Crippen LogP contribution >= 0.6 is 11.6 Å². The topological polar surface area (TPSA) is 69.6 Å². The molecule has 23 heavy (non-hydrogen) atoms. The Morgan fingerprint density at radius 2 is 2.09 bits per heavy atom. The van der Waals surface area contributed by atoms with Crippen LogP contribution in [0.3, 0.4) is 0 Å². The molecule has 1 aromatic rings. The molecule has 1 saturated heterocycles. The minimum Gasteiger partial charge on any atom is -0.480 e. The molecule has 0 aliphatic carbocycles. The van der Waals surface area contributed by atoms with Crippen LogP contribution in [0.5, 0.6) is 0 Å². The van der Waals surface area contributed by atoms with E-state index < -0.39 is 35.3 Å². The van der Waals surface area contributed by atoms with E-state index in [2.05, 4.69) is 5.32 Å². The summed E-state index contributed by atoms with van der Waals surface area (Å²) in [5.74, 6) is -1.75. The number of carboxylic acids is 1. The van der Waals surface area contributed by atoms with Gasteiger partial charge >= 0.3 is 12.1 Å². The van der Waals surface area contributed by atoms with Crippen molar-refractivity contribution in [3.8, 4) is 0 Å². The Balaban J connectivity index is 2.10. The summed E-state index contributed by atoms with van der Waals surface area (Å²) in [6.45, 7) is 0.133. The molecule has 0 radical (unpaired) electrons. The Hall–Kier alpha value is -1.80. The molecule has 1 aromatic carbocycles. The molecular weight excluding hydrogens is 337 g/mol. The summed E-state index contributed by atoms with van der Waals surface area (Å²) in [7, 11) is 0. The fraction of sp³-hybridized carbons (Fsp3) is 0.429. The Morgan fingerprint density at radius 3 is 2.70 bits per heavy atom. The first-order chi connectivity index (χ1) is 10.7. The molecule has 1 fully saturated rings. The van der Waals surface area contributed by atoms with Crippen molar-refractivity contribution in [1.29, 1.82) is 0 Å². The number of nitrogens with one attached hydrogen (secondary N) is 1. The predicted octanol–water partition coefficient (Wildman–Crippen LogP) is 2.85. The van der Waals surface area contributed by atoms with Crippen molar-refractivity contribution in [3.63, 3.8) is 0 Å². The number of amides is 1. The number of carboxylic acid groups (broad SMARTS) is 1. The Morgan fingerprint density at radius 1 is 1.39 bits per heavy atom. The summed E-state index contributed by atoms with van der Waals surface area (Å²) < 4.78 is 38.9. The summed E-state index contributed by atoms with van der Waals surface area (Å²) in [5.41, 5.74) is -1.45. The molecule has 0 saturated carbocycles. The summed E-state index contributed by atoms with van der Waals surface area (Å²) in [6, 6.07) is 2.25. The lowest BCUT2D eigenvalue weighted by atomic mass is 10.1. The number of nitrogens with zero attached hydrogens (tertiary/aromatic N) is 1. The minimum absolute atomic E-state index is 0.0965. The van der Waals surface area contributed by atoms with Crippen LogP contribution in [0.4, 0.5) is 18.9 Å². The lowest BCUT2D eigenvalue weighted by Gasteiger charge is -2.21. The molecule has 5 nitrogen and oxygen atoms in total. The van der Waals surface area contributed by atoms with Crippen molar-refractivity contribution in [2.75, 3.05) is 18.4 Å². The van der Waals surface area contributed by atoms with E-state index in [0.717, 1.165) is 12.1 Å². The fourth-order valence-corrected chi connectivity index (χ4v) is 2.70. The number of halogens is 4. The van der Waals surface area contributed by atoms with Gasteiger partial charge in [0.25, 0.3) is 0 Å². The van der Waals surface area contributed by atoms with Gasteiger partial charge in [-0.1, -0.05) is 11.6 Å². The van der Waals surface area contributed by atoms with Crippen LogP contribution in [0, 0.1) is 0 Å². The van der Waals surface area contributed by atoms with Gasteiger partial charge < -0.3 is 10.4 Å². The van der Waals surface area contributed by atoms with E-state index >= 15 is 0 Å². The number of likely N-dealkylation sites (tertiary alicyclic amines) is 1. The van der Waals surface area contributed by atoms with Gasteiger partial charge in [0.1, 0.15) is 6.04 Å². The third kappa shape index (κ3) is 4.35. The standard InChI is InChI=1S/C14H14ClF3N2O3/c15-8-3-4-10(9(6-8)14(16,17)18)19-12(21)7-20-5-1-2-11(20)13(22)23/h3-4,6,11H,1-2,5,7H2,(H,19,21)(H,22,23)/t11-/m1/s1. The Kier molecular flexibility index (Phi) is 5.16. The van der Waals surface area contributed by atoms with Gasteiger partial charge in [-0.15, -0.1) is 0 Å². The highest BCUT2D eigenvalue weighted by Crippen LogP contribution is 2.36. The number of rotatable bonds is 4. The molecule has 0 aromatic heterocycles. The van der Waals surface area contributed by atoms with Crippen molar-refractivity contribution in [1.82, 2.24) is 4.90 Å². The second-order valence-electron chi connectivity index (χ2n) is 5.20. The van der Waals surface area contributed by atoms with Gasteiger partial charge in [-0.05, 0) is 37.6 Å². The van der Waals surface area contributed by atoms with Crippen molar-refractivity contribution in [2.24, 2.45) is 0 Å². The van der Waals surface area contributed by atoms with E-state index in [-0.39, 0.29) is 11.6 Å². The first-order valence-corrected chi connectivity index (χ1v) is 7.19. The number of aliphatic carboxylic acids is 1. The van der Waals surface area contributed by atoms with Gasteiger partial charge in [0.15, 0.2) is 0 Å². The number of hydrogen-bond donors (Lipinski definition) is 2. The van der Waals surface area contributed by atoms with E-state index in [9.17, 15) is 22.8 Å². The van der Waals surface area contributed by atoms with E-state index in [1.807, 2.05) is 0 Å². The highest BCUT2D eigenvalue weighted by Gasteiger charge is 2.35. The quantitative estimate of drug-likeness (QED) is 0.876. The van der Waals surface area contributed by atoms with Gasteiger partial charge in [-0.2, -0.15) is 13.2 Å². The maximum absolute atomic E-state index is 13.0. The average molecular weight is 351 g/mol. The molecule has 2 N–H and O–H groups in total. The molecule has 1 atom stereocenters. The van der Waals surface area contributed by atoms with Crippen LogP contribution in [0.1, 0.15) is 18.4 Å². The molecule has 126 valence electrons. The normalized spacial score (nSPS) is 18.9. The molecule has 0 spiro atoms. The molecule has 9 heteroatoms. The number of carbonyl (C=O) groups is 2. The number of benzene rings is 1. The monoisotopic (exact) mass is 350 g/mol. The zero-order valence-electron chi connectivity index (χ0n) is 11.9. The molecule has 1 aliphatic heterocycles. The van der Waals surface area contributed by atoms with Crippen LogP contribution < -0.4 is 5.32 Å². The summed E-state index contributed by atoms with van der Waals surface area (Å²) in [4.78, 5) is 24.4. The van der Waals surface area contributed by atoms with Gasteiger partial charge in [0.2, 0.25) is 5.91 Å². The van der Waals surface area contributed by atoms with Crippen LogP contribution in [-0.4, -0.2) is 41.0 Å². The van der Waals surface area contributed by atoms with Gasteiger partial charge in [-0.3, -0.25) is 14.5 Å². The number of alkyl halides is 3. The van der Waals surface area contributed by atoms with E-state index in [1.165, 1.54) is 11.0 Å². The first kappa shape index (κ1) is 17.6. The molecule has 1 aliphatic rings. The van der Waals surface area contributed by atoms with Gasteiger partial charge in [-0.25, -0.2) is 0 Å². The lowest BCUT2D eigenvalue weighted by molar-refractivity contribution is -0.142. The van der Waals surface area contributed by atoms with Crippen LogP contribution in [0.25, 0.3) is 0 Å². The second-order valence-corrected chi connectivity index (χ2v) is 5.64. The van der Waals surface area contributed by atoms with Crippen molar-refractivity contribution in [2.45, 2.75) is 25.1 Å². The highest BCUT2D eigenvalue weighted by molar-refractivity contribution is 6.30. The third-order valence-electron chi connectivity index (χ3n) is 3.56. The molecule has 1 heterocycles. The van der Waals surface area contributed by atoms with Crippen LogP contribution in [0.2, 0.25) is 5.02 Å². The van der Waals surface area contributed by atoms with Crippen LogP contribution in [0.15, 0.2) is 18.2 Å². The summed E-state index contributed by atoms with van der Waals surface area (Å²) >= 11 is 5.56. The minimum atomic E-state index is -4.66. The SMILES string of the molecule is O=C(CN1CCC[C@@H]1C(=O)O)Nc1ccc(Cl)cc1C(F)(F)F. The second kappa shape index (κ2) is 6.76. The predicted molar refractivity (Wildman–Crippen MR) is 77.3 cm³/mol. The molecule has 0 unspecified atom stereocenters. The molecule has 0 bridgehead atoms.